The van der Waals surface area contributed by atoms with E-state index in [9.17, 15) is 9.90 Å². The zero-order chi connectivity index (χ0) is 18.8. The summed E-state index contributed by atoms with van der Waals surface area (Å²) >= 11 is 0. The number of carbonyl (C=O) groups is 1. The summed E-state index contributed by atoms with van der Waals surface area (Å²) < 4.78 is 5.16. The van der Waals surface area contributed by atoms with Crippen LogP contribution in [0.25, 0.3) is 5.76 Å². The predicted octanol–water partition coefficient (Wildman–Crippen LogP) is 4.98. The number of hydrogen-bond donors (Lipinski definition) is 1. The van der Waals surface area contributed by atoms with Crippen molar-refractivity contribution in [2.75, 3.05) is 7.11 Å². The Morgan fingerprint density at radius 3 is 2.15 bits per heavy atom. The number of ketones is 1. The topological polar surface area (TPSA) is 58.9 Å². The number of nitrogens with zero attached hydrogens (tertiary/aromatic N) is 1. The summed E-state index contributed by atoms with van der Waals surface area (Å²) in [6.07, 6.45) is 0. The Morgan fingerprint density at radius 1 is 0.852 bits per heavy atom. The fourth-order valence-corrected chi connectivity index (χ4v) is 3.13. The Kier molecular flexibility index (Phi) is 4.30. The molecule has 0 aliphatic heterocycles. The number of methoxy groups -OCH3 is 1. The molecule has 0 spiro atoms. The van der Waals surface area contributed by atoms with Gasteiger partial charge in [0.05, 0.1) is 24.1 Å². The Balaban J connectivity index is 1.91. The molecule has 0 aromatic heterocycles. The van der Waals surface area contributed by atoms with Crippen LogP contribution in [0.1, 0.15) is 21.5 Å². The second-order valence-electron chi connectivity index (χ2n) is 6.12. The number of ether oxygens (including phenoxy) is 1. The van der Waals surface area contributed by atoms with Crippen molar-refractivity contribution in [2.24, 2.45) is 4.99 Å². The molecule has 4 heteroatoms. The number of aliphatic hydroxyl groups is 1. The highest BCUT2D eigenvalue weighted by Crippen LogP contribution is 2.33. The molecular formula is C23H17NO3. The van der Waals surface area contributed by atoms with Crippen molar-refractivity contribution in [1.82, 2.24) is 0 Å². The third kappa shape index (κ3) is 3.02. The van der Waals surface area contributed by atoms with Gasteiger partial charge in [-0.2, -0.15) is 0 Å². The third-order valence-electron chi connectivity index (χ3n) is 4.49. The lowest BCUT2D eigenvalue weighted by molar-refractivity contribution is 0.104. The Morgan fingerprint density at radius 2 is 1.48 bits per heavy atom. The van der Waals surface area contributed by atoms with Crippen LogP contribution in [0.3, 0.4) is 0 Å². The maximum Gasteiger partial charge on any atom is 0.199 e. The molecule has 4 rings (SSSR count). The summed E-state index contributed by atoms with van der Waals surface area (Å²) in [6.45, 7) is 0. The number of benzene rings is 3. The van der Waals surface area contributed by atoms with Crippen molar-refractivity contribution in [3.63, 3.8) is 0 Å². The van der Waals surface area contributed by atoms with Gasteiger partial charge in [-0.05, 0) is 36.4 Å². The number of aliphatic hydroxyl groups excluding tert-OH is 1. The number of aliphatic imine (C=N–C) groups is 1. The van der Waals surface area contributed by atoms with Gasteiger partial charge in [0, 0.05) is 16.7 Å². The van der Waals surface area contributed by atoms with Gasteiger partial charge >= 0.3 is 0 Å². The molecule has 0 saturated carbocycles. The van der Waals surface area contributed by atoms with E-state index >= 15 is 0 Å². The molecule has 1 aliphatic rings. The zero-order valence-corrected chi connectivity index (χ0v) is 14.7. The molecule has 4 nitrogen and oxygen atoms in total. The molecule has 0 atom stereocenters. The van der Waals surface area contributed by atoms with Crippen LogP contribution in [0.5, 0.6) is 5.75 Å². The second kappa shape index (κ2) is 6.92. The molecule has 0 heterocycles. The lowest BCUT2D eigenvalue weighted by Gasteiger charge is -2.07. The standard InChI is InChI=1S/C23H17NO3/c1-27-17-13-11-15(12-14-17)22(25)20-21(24-16-7-3-2-4-8-16)18-9-5-6-10-19(18)23(20)26/h2-14,25H,1H3/b22-20+,24-21?. The minimum Gasteiger partial charge on any atom is -0.506 e. The molecule has 27 heavy (non-hydrogen) atoms. The summed E-state index contributed by atoms with van der Waals surface area (Å²) in [4.78, 5) is 17.7. The number of fused-ring (bicyclic) bond motifs is 1. The second-order valence-corrected chi connectivity index (χ2v) is 6.12. The van der Waals surface area contributed by atoms with Crippen LogP contribution in [0.4, 0.5) is 5.69 Å². The largest absolute Gasteiger partial charge is 0.506 e. The SMILES string of the molecule is COc1ccc(/C(O)=C2\C(=O)c3ccccc3C2=Nc2ccccc2)cc1. The number of para-hydroxylation sites is 1. The van der Waals surface area contributed by atoms with Gasteiger partial charge in [0.2, 0.25) is 0 Å². The van der Waals surface area contributed by atoms with Gasteiger partial charge in [-0.15, -0.1) is 0 Å². The van der Waals surface area contributed by atoms with Crippen molar-refractivity contribution < 1.29 is 14.6 Å². The number of Topliss-reactive ketones (excluding diaryl/α,β-unsaturated/α-hetero) is 1. The monoisotopic (exact) mass is 355 g/mol. The number of hydrogen-bond acceptors (Lipinski definition) is 4. The van der Waals surface area contributed by atoms with Crippen LogP contribution >= 0.6 is 0 Å². The summed E-state index contributed by atoms with van der Waals surface area (Å²) in [6, 6.07) is 23.6. The van der Waals surface area contributed by atoms with Crippen LogP contribution in [-0.2, 0) is 0 Å². The fraction of sp³-hybridized carbons (Fsp3) is 0.0435. The van der Waals surface area contributed by atoms with Crippen LogP contribution < -0.4 is 4.74 Å². The van der Waals surface area contributed by atoms with Crippen molar-refractivity contribution in [2.45, 2.75) is 0 Å². The number of rotatable bonds is 3. The Labute approximate surface area is 157 Å². The van der Waals surface area contributed by atoms with E-state index in [-0.39, 0.29) is 17.1 Å². The van der Waals surface area contributed by atoms with E-state index < -0.39 is 0 Å². The lowest BCUT2D eigenvalue weighted by atomic mass is 10.0. The minimum absolute atomic E-state index is 0.0893. The first-order valence-corrected chi connectivity index (χ1v) is 8.55. The van der Waals surface area contributed by atoms with Crippen LogP contribution in [-0.4, -0.2) is 23.7 Å². The summed E-state index contributed by atoms with van der Waals surface area (Å²) in [5.41, 5.74) is 3.22. The first kappa shape index (κ1) is 16.8. The molecule has 1 aliphatic carbocycles. The van der Waals surface area contributed by atoms with Crippen LogP contribution in [0, 0.1) is 0 Å². The van der Waals surface area contributed by atoms with Gasteiger partial charge in [-0.25, -0.2) is 4.99 Å². The van der Waals surface area contributed by atoms with Crippen molar-refractivity contribution in [3.05, 3.63) is 101 Å². The zero-order valence-electron chi connectivity index (χ0n) is 14.7. The van der Waals surface area contributed by atoms with E-state index in [0.717, 1.165) is 11.3 Å². The van der Waals surface area contributed by atoms with Gasteiger partial charge in [0.15, 0.2) is 5.78 Å². The molecule has 0 unspecified atom stereocenters. The van der Waals surface area contributed by atoms with E-state index in [1.54, 1.807) is 37.4 Å². The van der Waals surface area contributed by atoms with Gasteiger partial charge < -0.3 is 9.84 Å². The molecule has 0 fully saturated rings. The molecule has 1 N–H and O–H groups in total. The average molecular weight is 355 g/mol. The van der Waals surface area contributed by atoms with E-state index in [0.29, 0.717) is 22.6 Å². The van der Waals surface area contributed by atoms with Gasteiger partial charge in [0.25, 0.3) is 0 Å². The summed E-state index contributed by atoms with van der Waals surface area (Å²) in [5.74, 6) is 0.359. The molecule has 132 valence electrons. The molecule has 3 aromatic carbocycles. The van der Waals surface area contributed by atoms with E-state index in [1.807, 2.05) is 48.5 Å². The molecular weight excluding hydrogens is 338 g/mol. The van der Waals surface area contributed by atoms with E-state index in [1.165, 1.54) is 0 Å². The normalized spacial score (nSPS) is 16.3. The third-order valence-corrected chi connectivity index (χ3v) is 4.49. The molecule has 0 radical (unpaired) electrons. The Bertz CT molecular complexity index is 1060. The van der Waals surface area contributed by atoms with Gasteiger partial charge in [-0.3, -0.25) is 4.79 Å². The molecule has 0 amide bonds. The van der Waals surface area contributed by atoms with Gasteiger partial charge in [-0.1, -0.05) is 42.5 Å². The number of allylic oxidation sites excluding steroid dienone is 1. The maximum absolute atomic E-state index is 13.0. The Hall–Kier alpha value is -3.66. The lowest BCUT2D eigenvalue weighted by Crippen LogP contribution is -2.06. The summed E-state index contributed by atoms with van der Waals surface area (Å²) in [7, 11) is 1.58. The first-order valence-electron chi connectivity index (χ1n) is 8.55. The molecule has 0 saturated heterocycles. The van der Waals surface area contributed by atoms with E-state index in [2.05, 4.69) is 4.99 Å². The van der Waals surface area contributed by atoms with Crippen molar-refractivity contribution in [1.29, 1.82) is 0 Å². The van der Waals surface area contributed by atoms with Crippen LogP contribution in [0.15, 0.2) is 89.4 Å². The van der Waals surface area contributed by atoms with E-state index in [4.69, 9.17) is 4.74 Å². The van der Waals surface area contributed by atoms with Crippen molar-refractivity contribution in [3.8, 4) is 5.75 Å². The quantitative estimate of drug-likeness (QED) is 0.532. The van der Waals surface area contributed by atoms with Gasteiger partial charge in [0.1, 0.15) is 11.5 Å². The highest BCUT2D eigenvalue weighted by molar-refractivity contribution is 6.43. The smallest absolute Gasteiger partial charge is 0.199 e. The predicted molar refractivity (Wildman–Crippen MR) is 106 cm³/mol. The summed E-state index contributed by atoms with van der Waals surface area (Å²) in [5, 5.41) is 10.9. The van der Waals surface area contributed by atoms with Crippen LogP contribution in [0.2, 0.25) is 0 Å². The average Bonchev–Trinajstić information content (AvgIpc) is 3.00. The fourth-order valence-electron chi connectivity index (χ4n) is 3.13. The number of carbonyl (C=O) groups excluding carboxylic acids is 1. The highest BCUT2D eigenvalue weighted by Gasteiger charge is 2.34. The molecule has 3 aromatic rings. The highest BCUT2D eigenvalue weighted by atomic mass is 16.5. The maximum atomic E-state index is 13.0. The first-order chi connectivity index (χ1) is 13.2. The van der Waals surface area contributed by atoms with Crippen molar-refractivity contribution >= 4 is 22.9 Å². The minimum atomic E-state index is -0.228. The molecule has 0 bridgehead atoms.